The third kappa shape index (κ3) is 7.87. The Kier molecular flexibility index (Phi) is 11.2. The minimum absolute atomic E-state index is 0.149. The lowest BCUT2D eigenvalue weighted by atomic mass is 10.1. The van der Waals surface area contributed by atoms with E-state index in [0.717, 1.165) is 5.56 Å². The van der Waals surface area contributed by atoms with Crippen molar-refractivity contribution in [2.75, 3.05) is 12.3 Å². The van der Waals surface area contributed by atoms with Crippen LogP contribution in [-0.4, -0.2) is 35.1 Å². The number of halogens is 3. The third-order valence-electron chi connectivity index (χ3n) is 4.90. The smallest absolute Gasteiger partial charge is 0.242 e. The summed E-state index contributed by atoms with van der Waals surface area (Å²) in [6.45, 7) is 6.66. The molecule has 0 aromatic heterocycles. The first-order valence-electron chi connectivity index (χ1n) is 10.6. The monoisotopic (exact) mass is 514 g/mol. The molecule has 32 heavy (non-hydrogen) atoms. The summed E-state index contributed by atoms with van der Waals surface area (Å²) in [6, 6.07) is 12.2. The molecule has 0 aliphatic carbocycles. The molecule has 2 amide bonds. The number of carbonyl (C=O) groups is 2. The fraction of sp³-hybridized carbons (Fsp3) is 0.417. The van der Waals surface area contributed by atoms with Gasteiger partial charge in [-0.25, -0.2) is 0 Å². The molecular formula is C24H29Cl3N2O2S. The summed E-state index contributed by atoms with van der Waals surface area (Å²) in [4.78, 5) is 27.8. The van der Waals surface area contributed by atoms with Gasteiger partial charge >= 0.3 is 0 Å². The highest BCUT2D eigenvalue weighted by molar-refractivity contribution is 7.99. The first kappa shape index (κ1) is 26.8. The zero-order valence-corrected chi connectivity index (χ0v) is 21.6. The molecule has 0 fully saturated rings. The van der Waals surface area contributed by atoms with Gasteiger partial charge < -0.3 is 10.2 Å². The number of nitrogens with zero attached hydrogens (tertiary/aromatic N) is 1. The second-order valence-electron chi connectivity index (χ2n) is 7.87. The van der Waals surface area contributed by atoms with Crippen LogP contribution in [0.3, 0.4) is 0 Å². The van der Waals surface area contributed by atoms with Crippen LogP contribution in [0.1, 0.15) is 38.3 Å². The number of rotatable bonds is 11. The highest BCUT2D eigenvalue weighted by atomic mass is 35.5. The molecule has 0 saturated heterocycles. The Morgan fingerprint density at radius 3 is 2.22 bits per heavy atom. The second-order valence-corrected chi connectivity index (χ2v) is 10.1. The number of benzene rings is 2. The highest BCUT2D eigenvalue weighted by Gasteiger charge is 2.29. The minimum Gasteiger partial charge on any atom is -0.354 e. The first-order valence-corrected chi connectivity index (χ1v) is 12.8. The Morgan fingerprint density at radius 2 is 1.62 bits per heavy atom. The Bertz CT molecular complexity index is 904. The van der Waals surface area contributed by atoms with Crippen LogP contribution in [0.15, 0.2) is 42.5 Å². The summed E-state index contributed by atoms with van der Waals surface area (Å²) >= 11 is 20.4. The van der Waals surface area contributed by atoms with Gasteiger partial charge in [-0.05, 0) is 36.1 Å². The molecule has 0 aliphatic rings. The minimum atomic E-state index is -0.616. The molecule has 0 aliphatic heterocycles. The van der Waals surface area contributed by atoms with Crippen LogP contribution in [0, 0.1) is 5.92 Å². The number of carbonyl (C=O) groups excluding carboxylic acids is 2. The van der Waals surface area contributed by atoms with E-state index in [1.165, 1.54) is 11.8 Å². The average molecular weight is 516 g/mol. The molecule has 0 spiro atoms. The van der Waals surface area contributed by atoms with E-state index in [-0.39, 0.29) is 24.1 Å². The molecule has 2 rings (SSSR count). The quantitative estimate of drug-likeness (QED) is 0.373. The maximum Gasteiger partial charge on any atom is 0.242 e. The van der Waals surface area contributed by atoms with Gasteiger partial charge in [0.2, 0.25) is 11.8 Å². The lowest BCUT2D eigenvalue weighted by Crippen LogP contribution is -2.50. The van der Waals surface area contributed by atoms with E-state index >= 15 is 0 Å². The number of amides is 2. The molecule has 0 heterocycles. The van der Waals surface area contributed by atoms with Gasteiger partial charge in [0.05, 0.1) is 5.75 Å². The van der Waals surface area contributed by atoms with Crippen LogP contribution in [-0.2, 0) is 21.9 Å². The fourth-order valence-corrected chi connectivity index (χ4v) is 4.86. The van der Waals surface area contributed by atoms with Gasteiger partial charge in [0.15, 0.2) is 0 Å². The van der Waals surface area contributed by atoms with E-state index in [0.29, 0.717) is 45.3 Å². The molecule has 0 bridgehead atoms. The molecule has 1 N–H and O–H groups in total. The van der Waals surface area contributed by atoms with Crippen molar-refractivity contribution in [3.05, 3.63) is 68.7 Å². The Hall–Kier alpha value is -1.40. The summed E-state index contributed by atoms with van der Waals surface area (Å²) in [5.74, 6) is 0.798. The van der Waals surface area contributed by atoms with Gasteiger partial charge in [0, 0.05) is 39.5 Å². The predicted molar refractivity (Wildman–Crippen MR) is 137 cm³/mol. The standard InChI is InChI=1S/C24H29Cl3N2O2S/c1-4-22(24(31)28-12-16(2)3)29(13-18-20(26)10-7-11-21(18)27)23(30)15-32-14-17-8-5-6-9-19(17)25/h5-11,16,22H,4,12-15H2,1-3H3,(H,28,31). The summed E-state index contributed by atoms with van der Waals surface area (Å²) in [5, 5.41) is 4.56. The number of hydrogen-bond acceptors (Lipinski definition) is 3. The molecule has 0 radical (unpaired) electrons. The molecule has 8 heteroatoms. The lowest BCUT2D eigenvalue weighted by Gasteiger charge is -2.31. The highest BCUT2D eigenvalue weighted by Crippen LogP contribution is 2.28. The van der Waals surface area contributed by atoms with Crippen molar-refractivity contribution in [1.29, 1.82) is 0 Å². The number of nitrogens with one attached hydrogen (secondary N) is 1. The Morgan fingerprint density at radius 1 is 1.00 bits per heavy atom. The van der Waals surface area contributed by atoms with Crippen molar-refractivity contribution >= 4 is 58.4 Å². The maximum atomic E-state index is 13.3. The van der Waals surface area contributed by atoms with Crippen molar-refractivity contribution in [2.45, 2.75) is 45.5 Å². The Balaban J connectivity index is 2.20. The van der Waals surface area contributed by atoms with E-state index in [1.54, 1.807) is 23.1 Å². The van der Waals surface area contributed by atoms with Gasteiger partial charge in [-0.2, -0.15) is 0 Å². The predicted octanol–water partition coefficient (Wildman–Crippen LogP) is 6.46. The van der Waals surface area contributed by atoms with Crippen LogP contribution in [0.25, 0.3) is 0 Å². The van der Waals surface area contributed by atoms with E-state index in [1.807, 2.05) is 45.0 Å². The average Bonchev–Trinajstić information content (AvgIpc) is 2.75. The molecule has 2 aromatic rings. The molecular weight excluding hydrogens is 487 g/mol. The fourth-order valence-electron chi connectivity index (χ4n) is 3.14. The zero-order chi connectivity index (χ0) is 23.7. The van der Waals surface area contributed by atoms with Crippen molar-refractivity contribution in [2.24, 2.45) is 5.92 Å². The van der Waals surface area contributed by atoms with E-state index in [2.05, 4.69) is 5.32 Å². The summed E-state index contributed by atoms with van der Waals surface area (Å²) < 4.78 is 0. The van der Waals surface area contributed by atoms with Crippen molar-refractivity contribution in [1.82, 2.24) is 10.2 Å². The van der Waals surface area contributed by atoms with Crippen molar-refractivity contribution in [3.63, 3.8) is 0 Å². The van der Waals surface area contributed by atoms with E-state index in [9.17, 15) is 9.59 Å². The van der Waals surface area contributed by atoms with Crippen LogP contribution < -0.4 is 5.32 Å². The van der Waals surface area contributed by atoms with Gasteiger partial charge in [0.1, 0.15) is 6.04 Å². The van der Waals surface area contributed by atoms with Gasteiger partial charge in [-0.15, -0.1) is 11.8 Å². The largest absolute Gasteiger partial charge is 0.354 e. The molecule has 4 nitrogen and oxygen atoms in total. The summed E-state index contributed by atoms with van der Waals surface area (Å²) in [6.07, 6.45) is 0.479. The summed E-state index contributed by atoms with van der Waals surface area (Å²) in [7, 11) is 0. The van der Waals surface area contributed by atoms with Crippen LogP contribution in [0.4, 0.5) is 0 Å². The number of thioether (sulfide) groups is 1. The van der Waals surface area contributed by atoms with Gasteiger partial charge in [0.25, 0.3) is 0 Å². The molecule has 2 aromatic carbocycles. The van der Waals surface area contributed by atoms with Crippen LogP contribution in [0.5, 0.6) is 0 Å². The summed E-state index contributed by atoms with van der Waals surface area (Å²) in [5.41, 5.74) is 1.60. The second kappa shape index (κ2) is 13.3. The molecule has 1 unspecified atom stereocenters. The van der Waals surface area contributed by atoms with E-state index < -0.39 is 6.04 Å². The Labute approximate surface area is 210 Å². The van der Waals surface area contributed by atoms with Crippen LogP contribution in [0.2, 0.25) is 15.1 Å². The lowest BCUT2D eigenvalue weighted by molar-refractivity contribution is -0.139. The normalized spacial score (nSPS) is 12.0. The third-order valence-corrected chi connectivity index (χ3v) is 6.94. The van der Waals surface area contributed by atoms with Gasteiger partial charge in [-0.1, -0.05) is 79.8 Å². The first-order chi connectivity index (χ1) is 15.2. The van der Waals surface area contributed by atoms with E-state index in [4.69, 9.17) is 34.8 Å². The van der Waals surface area contributed by atoms with Crippen molar-refractivity contribution < 1.29 is 9.59 Å². The molecule has 174 valence electrons. The molecule has 0 saturated carbocycles. The van der Waals surface area contributed by atoms with Crippen LogP contribution >= 0.6 is 46.6 Å². The molecule has 1 atom stereocenters. The zero-order valence-electron chi connectivity index (χ0n) is 18.5. The number of hydrogen-bond donors (Lipinski definition) is 1. The topological polar surface area (TPSA) is 49.4 Å². The van der Waals surface area contributed by atoms with Crippen molar-refractivity contribution in [3.8, 4) is 0 Å². The maximum absolute atomic E-state index is 13.3. The van der Waals surface area contributed by atoms with Gasteiger partial charge in [-0.3, -0.25) is 9.59 Å². The SMILES string of the molecule is CCC(C(=O)NCC(C)C)N(Cc1c(Cl)cccc1Cl)C(=O)CSCc1ccccc1Cl.